The van der Waals surface area contributed by atoms with Gasteiger partial charge in [0, 0.05) is 46.9 Å². The van der Waals surface area contributed by atoms with E-state index in [0.717, 1.165) is 34.8 Å². The van der Waals surface area contributed by atoms with Crippen LogP contribution in [0, 0.1) is 0 Å². The minimum atomic E-state index is -0.504. The molecule has 1 unspecified atom stereocenters. The smallest absolute Gasteiger partial charge is 0.256 e. The van der Waals surface area contributed by atoms with Crippen LogP contribution in [0.4, 0.5) is 5.69 Å². The Hall–Kier alpha value is -4.42. The van der Waals surface area contributed by atoms with Gasteiger partial charge in [-0.15, -0.1) is 0 Å². The van der Waals surface area contributed by atoms with E-state index in [1.54, 1.807) is 24.3 Å². The Morgan fingerprint density at radius 2 is 1.71 bits per heavy atom. The summed E-state index contributed by atoms with van der Waals surface area (Å²) < 4.78 is 0. The van der Waals surface area contributed by atoms with E-state index in [1.165, 1.54) is 0 Å². The molecule has 1 amide bonds. The molecule has 3 aromatic rings. The lowest BCUT2D eigenvalue weighted by Gasteiger charge is -2.30. The molecule has 0 aromatic heterocycles. The Morgan fingerprint density at radius 1 is 0.947 bits per heavy atom. The number of fused-ring (bicyclic) bond motifs is 2. The van der Waals surface area contributed by atoms with Crippen LogP contribution in [0.25, 0.3) is 11.1 Å². The molecule has 3 aliphatic rings. The highest BCUT2D eigenvalue weighted by atomic mass is 16.3. The Kier molecular flexibility index (Phi) is 6.40. The van der Waals surface area contributed by atoms with Gasteiger partial charge < -0.3 is 20.6 Å². The monoisotopic (exact) mass is 503 g/mol. The molecule has 0 bridgehead atoms. The van der Waals surface area contributed by atoms with Gasteiger partial charge in [-0.25, -0.2) is 0 Å². The highest BCUT2D eigenvalue weighted by molar-refractivity contribution is 6.09. The number of carbonyl (C=O) groups is 2. The van der Waals surface area contributed by atoms with Gasteiger partial charge in [0.25, 0.3) is 5.91 Å². The Labute approximate surface area is 222 Å². The molecule has 0 saturated heterocycles. The number of Topliss-reactive ketones (excluding diaryl/α,β-unsaturated/α-hetero) is 1. The lowest BCUT2D eigenvalue weighted by atomic mass is 9.96. The average molecular weight is 504 g/mol. The Balaban J connectivity index is 1.20. The largest absolute Gasteiger partial charge is 0.393 e. The summed E-state index contributed by atoms with van der Waals surface area (Å²) in [6.07, 6.45) is 7.71. The molecule has 190 valence electrons. The lowest BCUT2D eigenvalue weighted by molar-refractivity contribution is 0.0965. The van der Waals surface area contributed by atoms with Crippen molar-refractivity contribution in [2.75, 3.05) is 11.9 Å². The fraction of sp³-hybridized carbons (Fsp3) is 0.188. The van der Waals surface area contributed by atoms with E-state index in [2.05, 4.69) is 21.6 Å². The van der Waals surface area contributed by atoms with Crippen LogP contribution < -0.4 is 10.6 Å². The first kappa shape index (κ1) is 23.9. The van der Waals surface area contributed by atoms with Crippen molar-refractivity contribution in [2.24, 2.45) is 0 Å². The third-order valence-electron chi connectivity index (χ3n) is 7.35. The summed E-state index contributed by atoms with van der Waals surface area (Å²) in [6, 6.07) is 23.9. The molecular weight excluding hydrogens is 474 g/mol. The number of hydrogen-bond acceptors (Lipinski definition) is 5. The molecule has 2 atom stereocenters. The van der Waals surface area contributed by atoms with E-state index in [1.807, 2.05) is 66.7 Å². The third-order valence-corrected chi connectivity index (χ3v) is 7.35. The molecule has 2 heterocycles. The molecule has 2 aliphatic heterocycles. The summed E-state index contributed by atoms with van der Waals surface area (Å²) in [6.45, 7) is 0.752. The van der Waals surface area contributed by atoms with Crippen molar-refractivity contribution in [3.05, 3.63) is 125 Å². The summed E-state index contributed by atoms with van der Waals surface area (Å²) in [4.78, 5) is 28.9. The van der Waals surface area contributed by atoms with Crippen LogP contribution in [0.15, 0.2) is 114 Å². The number of hydrogen-bond donors (Lipinski definition) is 3. The SMILES string of the molecule is O=C(Nc1ccc(C(=O)C2C=C3C=CCN3C3=C(CC[C@@H](O)C3)N2)cc1)c1ccccc1-c1ccccc1. The lowest BCUT2D eigenvalue weighted by Crippen LogP contribution is -2.36. The summed E-state index contributed by atoms with van der Waals surface area (Å²) in [5, 5.41) is 16.6. The highest BCUT2D eigenvalue weighted by Gasteiger charge is 2.32. The van der Waals surface area contributed by atoms with Gasteiger partial charge in [-0.3, -0.25) is 9.59 Å². The molecule has 0 saturated carbocycles. The van der Waals surface area contributed by atoms with Crippen molar-refractivity contribution in [2.45, 2.75) is 31.4 Å². The van der Waals surface area contributed by atoms with Gasteiger partial charge in [-0.2, -0.15) is 0 Å². The van der Waals surface area contributed by atoms with Crippen LogP contribution in [0.2, 0.25) is 0 Å². The van der Waals surface area contributed by atoms with Gasteiger partial charge in [0.15, 0.2) is 5.78 Å². The molecular formula is C32H29N3O3. The molecule has 3 aromatic carbocycles. The Morgan fingerprint density at radius 3 is 2.53 bits per heavy atom. The van der Waals surface area contributed by atoms with Crippen LogP contribution in [0.3, 0.4) is 0 Å². The summed E-state index contributed by atoms with van der Waals surface area (Å²) in [5.41, 5.74) is 6.70. The van der Waals surface area contributed by atoms with Crippen LogP contribution in [0.5, 0.6) is 0 Å². The minimum Gasteiger partial charge on any atom is -0.393 e. The zero-order valence-electron chi connectivity index (χ0n) is 20.9. The number of ketones is 1. The first-order valence-corrected chi connectivity index (χ1v) is 13.0. The molecule has 1 aliphatic carbocycles. The number of nitrogens with one attached hydrogen (secondary N) is 2. The quantitative estimate of drug-likeness (QED) is 0.413. The molecule has 6 heteroatoms. The average Bonchev–Trinajstić information content (AvgIpc) is 3.36. The van der Waals surface area contributed by atoms with Gasteiger partial charge in [0.2, 0.25) is 0 Å². The van der Waals surface area contributed by atoms with Gasteiger partial charge in [0.1, 0.15) is 6.04 Å². The number of aliphatic hydroxyl groups is 1. The molecule has 0 spiro atoms. The molecule has 6 rings (SSSR count). The molecule has 0 fully saturated rings. The van der Waals surface area contributed by atoms with Crippen molar-refractivity contribution >= 4 is 17.4 Å². The topological polar surface area (TPSA) is 81.7 Å². The second-order valence-corrected chi connectivity index (χ2v) is 9.86. The highest BCUT2D eigenvalue weighted by Crippen LogP contribution is 2.34. The zero-order valence-corrected chi connectivity index (χ0v) is 20.9. The van der Waals surface area contributed by atoms with Gasteiger partial charge in [-0.05, 0) is 66.5 Å². The van der Waals surface area contributed by atoms with Crippen molar-refractivity contribution in [3.8, 4) is 11.1 Å². The van der Waals surface area contributed by atoms with E-state index in [9.17, 15) is 14.7 Å². The maximum Gasteiger partial charge on any atom is 0.256 e. The van der Waals surface area contributed by atoms with E-state index in [-0.39, 0.29) is 17.8 Å². The van der Waals surface area contributed by atoms with E-state index < -0.39 is 6.04 Å². The van der Waals surface area contributed by atoms with E-state index >= 15 is 0 Å². The molecule has 6 nitrogen and oxygen atoms in total. The van der Waals surface area contributed by atoms with Crippen LogP contribution in [-0.2, 0) is 0 Å². The van der Waals surface area contributed by atoms with Crippen molar-refractivity contribution in [1.29, 1.82) is 0 Å². The van der Waals surface area contributed by atoms with Gasteiger partial charge in [0.05, 0.1) is 6.10 Å². The normalized spacial score (nSPS) is 20.1. The van der Waals surface area contributed by atoms with Crippen LogP contribution in [-0.4, -0.2) is 40.4 Å². The van der Waals surface area contributed by atoms with Crippen molar-refractivity contribution in [3.63, 3.8) is 0 Å². The van der Waals surface area contributed by atoms with Crippen LogP contribution in [0.1, 0.15) is 40.0 Å². The third kappa shape index (κ3) is 4.66. The predicted octanol–water partition coefficient (Wildman–Crippen LogP) is 5.27. The summed E-state index contributed by atoms with van der Waals surface area (Å²) >= 11 is 0. The number of nitrogens with zero attached hydrogens (tertiary/aromatic N) is 1. The number of anilines is 1. The minimum absolute atomic E-state index is 0.0371. The first-order valence-electron chi connectivity index (χ1n) is 13.0. The number of rotatable bonds is 5. The number of allylic oxidation sites excluding steroid dienone is 2. The van der Waals surface area contributed by atoms with Gasteiger partial charge in [-0.1, -0.05) is 54.6 Å². The van der Waals surface area contributed by atoms with Gasteiger partial charge >= 0.3 is 0 Å². The van der Waals surface area contributed by atoms with Crippen LogP contribution >= 0.6 is 0 Å². The fourth-order valence-electron chi connectivity index (χ4n) is 5.41. The number of carbonyl (C=O) groups excluding carboxylic acids is 2. The molecule has 38 heavy (non-hydrogen) atoms. The standard InChI is InChI=1S/C32H29N3O3/c36-25-16-17-28-30(20-25)35-18-6-9-24(35)19-29(34-28)31(37)22-12-14-23(15-13-22)33-32(38)27-11-5-4-10-26(27)21-7-2-1-3-8-21/h1-15,19,25,29,34,36H,16-18,20H2,(H,33,38)/t25-,29?/m1/s1. The second-order valence-electron chi connectivity index (χ2n) is 9.86. The number of benzene rings is 3. The number of amides is 1. The van der Waals surface area contributed by atoms with E-state index in [4.69, 9.17) is 0 Å². The predicted molar refractivity (Wildman–Crippen MR) is 148 cm³/mol. The van der Waals surface area contributed by atoms with Crippen molar-refractivity contribution < 1.29 is 14.7 Å². The maximum absolute atomic E-state index is 13.5. The van der Waals surface area contributed by atoms with E-state index in [0.29, 0.717) is 36.1 Å². The second kappa shape index (κ2) is 10.1. The fourth-order valence-corrected chi connectivity index (χ4v) is 5.41. The summed E-state index contributed by atoms with van der Waals surface area (Å²) in [5.74, 6) is -0.240. The van der Waals surface area contributed by atoms with Crippen molar-refractivity contribution in [1.82, 2.24) is 10.2 Å². The summed E-state index contributed by atoms with van der Waals surface area (Å²) in [7, 11) is 0. The Bertz CT molecular complexity index is 1470. The molecule has 3 N–H and O–H groups in total. The maximum atomic E-state index is 13.5. The molecule has 0 radical (unpaired) electrons. The number of aliphatic hydroxyl groups excluding tert-OH is 1. The first-order chi connectivity index (χ1) is 18.6. The zero-order chi connectivity index (χ0) is 26.1.